The molecule has 0 bridgehead atoms. The SMILES string of the molecule is CC(=O)c1ccc(/C=N/NC(=S)NN2CCN(NC(=S)N/N=C/c3ccc(C(C)=O)cc3)CC2)cc1. The Labute approximate surface area is 220 Å². The number of rotatable bonds is 8. The zero-order chi connectivity index (χ0) is 25.9. The third-order valence-electron chi connectivity index (χ3n) is 5.19. The number of hydrazone groups is 2. The molecule has 1 saturated heterocycles. The van der Waals surface area contributed by atoms with Crippen molar-refractivity contribution in [3.63, 3.8) is 0 Å². The molecular formula is C24H28N8O2S2. The molecule has 1 heterocycles. The van der Waals surface area contributed by atoms with Gasteiger partial charge in [-0.3, -0.25) is 31.3 Å². The van der Waals surface area contributed by atoms with Crippen molar-refractivity contribution < 1.29 is 9.59 Å². The zero-order valence-electron chi connectivity index (χ0n) is 20.0. The summed E-state index contributed by atoms with van der Waals surface area (Å²) in [4.78, 5) is 22.7. The summed E-state index contributed by atoms with van der Waals surface area (Å²) in [6, 6.07) is 14.3. The lowest BCUT2D eigenvalue weighted by atomic mass is 10.1. The number of carbonyl (C=O) groups excluding carboxylic acids is 2. The molecular weight excluding hydrogens is 496 g/mol. The van der Waals surface area contributed by atoms with Gasteiger partial charge in [0.25, 0.3) is 0 Å². The molecule has 4 N–H and O–H groups in total. The molecule has 1 aliphatic heterocycles. The Morgan fingerprint density at radius 2 is 1.03 bits per heavy atom. The van der Waals surface area contributed by atoms with Crippen LogP contribution in [0.1, 0.15) is 45.7 Å². The number of hydrogen-bond acceptors (Lipinski definition) is 8. The zero-order valence-corrected chi connectivity index (χ0v) is 21.7. The van der Waals surface area contributed by atoms with Crippen LogP contribution in [0.25, 0.3) is 0 Å². The quantitative estimate of drug-likeness (QED) is 0.177. The van der Waals surface area contributed by atoms with Gasteiger partial charge in [0, 0.05) is 37.3 Å². The maximum absolute atomic E-state index is 11.3. The lowest BCUT2D eigenvalue weighted by molar-refractivity contribution is 0.0936. The highest BCUT2D eigenvalue weighted by Gasteiger charge is 2.17. The van der Waals surface area contributed by atoms with E-state index in [2.05, 4.69) is 31.9 Å². The minimum absolute atomic E-state index is 0.0258. The Hall–Kier alpha value is -3.58. The molecule has 0 radical (unpaired) electrons. The van der Waals surface area contributed by atoms with Crippen LogP contribution in [0.4, 0.5) is 0 Å². The van der Waals surface area contributed by atoms with Crippen molar-refractivity contribution in [1.82, 2.24) is 31.7 Å². The van der Waals surface area contributed by atoms with Crippen molar-refractivity contribution in [1.29, 1.82) is 0 Å². The van der Waals surface area contributed by atoms with E-state index in [0.29, 0.717) is 47.5 Å². The van der Waals surface area contributed by atoms with Crippen LogP contribution in [0.3, 0.4) is 0 Å². The van der Waals surface area contributed by atoms with Crippen molar-refractivity contribution in [3.8, 4) is 0 Å². The van der Waals surface area contributed by atoms with Gasteiger partial charge in [0.15, 0.2) is 11.6 Å². The number of hydrogen-bond donors (Lipinski definition) is 4. The normalized spacial score (nSPS) is 14.5. The number of benzene rings is 2. The number of hydrazine groups is 2. The lowest BCUT2D eigenvalue weighted by Crippen LogP contribution is -2.59. The minimum atomic E-state index is 0.0258. The van der Waals surface area contributed by atoms with Crippen LogP contribution >= 0.6 is 24.4 Å². The molecule has 1 fully saturated rings. The molecule has 1 aliphatic rings. The fraction of sp³-hybridized carbons (Fsp3) is 0.250. The number of Topliss-reactive ketones (excluding diaryl/α,β-unsaturated/α-hetero) is 2. The summed E-state index contributed by atoms with van der Waals surface area (Å²) in [7, 11) is 0. The molecule has 0 spiro atoms. The van der Waals surface area contributed by atoms with Crippen LogP contribution in [-0.2, 0) is 0 Å². The first kappa shape index (κ1) is 27.0. The molecule has 2 aromatic rings. The second-order valence-electron chi connectivity index (χ2n) is 7.95. The van der Waals surface area contributed by atoms with Crippen molar-refractivity contribution in [2.75, 3.05) is 26.2 Å². The summed E-state index contributed by atoms with van der Waals surface area (Å²) in [5, 5.41) is 13.0. The van der Waals surface area contributed by atoms with E-state index >= 15 is 0 Å². The van der Waals surface area contributed by atoms with Gasteiger partial charge in [-0.2, -0.15) is 10.2 Å². The average Bonchev–Trinajstić information content (AvgIpc) is 2.86. The van der Waals surface area contributed by atoms with E-state index in [1.54, 1.807) is 36.7 Å². The van der Waals surface area contributed by atoms with Gasteiger partial charge in [-0.25, -0.2) is 10.0 Å². The molecule has 0 amide bonds. The van der Waals surface area contributed by atoms with Gasteiger partial charge in [-0.1, -0.05) is 48.5 Å². The number of piperazine rings is 1. The van der Waals surface area contributed by atoms with Gasteiger partial charge in [-0.05, 0) is 49.4 Å². The number of carbonyl (C=O) groups is 2. The number of nitrogens with zero attached hydrogens (tertiary/aromatic N) is 4. The highest BCUT2D eigenvalue weighted by Crippen LogP contribution is 2.04. The number of nitrogens with one attached hydrogen (secondary N) is 4. The highest BCUT2D eigenvalue weighted by molar-refractivity contribution is 7.80. The fourth-order valence-corrected chi connectivity index (χ4v) is 3.57. The smallest absolute Gasteiger partial charge is 0.201 e. The summed E-state index contributed by atoms with van der Waals surface area (Å²) < 4.78 is 0. The van der Waals surface area contributed by atoms with Gasteiger partial charge >= 0.3 is 0 Å². The van der Waals surface area contributed by atoms with Crippen LogP contribution in [0, 0.1) is 0 Å². The van der Waals surface area contributed by atoms with Gasteiger partial charge in [0.05, 0.1) is 12.4 Å². The molecule has 3 rings (SSSR count). The van der Waals surface area contributed by atoms with Crippen LogP contribution in [0.2, 0.25) is 0 Å². The first-order valence-electron chi connectivity index (χ1n) is 11.2. The summed E-state index contributed by atoms with van der Waals surface area (Å²) >= 11 is 10.6. The van der Waals surface area contributed by atoms with Gasteiger partial charge in [0.2, 0.25) is 10.2 Å². The Balaban J connectivity index is 1.32. The molecule has 0 saturated carbocycles. The minimum Gasteiger partial charge on any atom is -0.295 e. The predicted octanol–water partition coefficient (Wildman–Crippen LogP) is 1.84. The molecule has 0 aliphatic carbocycles. The second kappa shape index (κ2) is 13.5. The molecule has 0 unspecified atom stereocenters. The molecule has 10 nitrogen and oxygen atoms in total. The molecule has 0 atom stereocenters. The standard InChI is InChI=1S/C24H28N8O2S2/c1-17(33)21-7-3-19(4-8-21)15-25-27-23(35)29-31-11-13-32(14-12-31)30-24(36)28-26-16-20-5-9-22(10-6-20)18(2)34/h3-10,15-16H,11-14H2,1-2H3,(H2,27,29,35)(H2,28,30,36)/b25-15+,26-16+. The number of thiocarbonyl (C=S) groups is 2. The fourth-order valence-electron chi connectivity index (χ4n) is 3.21. The monoisotopic (exact) mass is 524 g/mol. The summed E-state index contributed by atoms with van der Waals surface area (Å²) in [5.41, 5.74) is 14.8. The van der Waals surface area contributed by atoms with Crippen molar-refractivity contribution in [3.05, 3.63) is 70.8 Å². The lowest BCUT2D eigenvalue weighted by Gasteiger charge is -2.35. The van der Waals surface area contributed by atoms with Crippen LogP contribution in [0.5, 0.6) is 0 Å². The predicted molar refractivity (Wildman–Crippen MR) is 149 cm³/mol. The van der Waals surface area contributed by atoms with Gasteiger partial charge in [-0.15, -0.1) is 0 Å². The third-order valence-corrected chi connectivity index (χ3v) is 5.56. The second-order valence-corrected chi connectivity index (χ2v) is 8.77. The molecule has 36 heavy (non-hydrogen) atoms. The highest BCUT2D eigenvalue weighted by atomic mass is 32.1. The van der Waals surface area contributed by atoms with E-state index < -0.39 is 0 Å². The molecule has 2 aromatic carbocycles. The van der Waals surface area contributed by atoms with E-state index in [4.69, 9.17) is 24.4 Å². The van der Waals surface area contributed by atoms with E-state index in [-0.39, 0.29) is 11.6 Å². The Morgan fingerprint density at radius 1 is 0.694 bits per heavy atom. The third kappa shape index (κ3) is 8.89. The Kier molecular flexibility index (Phi) is 10.1. The molecule has 12 heteroatoms. The van der Waals surface area contributed by atoms with Crippen molar-refractivity contribution >= 4 is 58.7 Å². The maximum atomic E-state index is 11.3. The van der Waals surface area contributed by atoms with Gasteiger partial charge in [0.1, 0.15) is 0 Å². The Morgan fingerprint density at radius 3 is 1.33 bits per heavy atom. The van der Waals surface area contributed by atoms with Gasteiger partial charge < -0.3 is 0 Å². The van der Waals surface area contributed by atoms with E-state index in [0.717, 1.165) is 11.1 Å². The summed E-state index contributed by atoms with van der Waals surface area (Å²) in [6.45, 7) is 5.90. The maximum Gasteiger partial charge on any atom is 0.201 e. The van der Waals surface area contributed by atoms with E-state index in [9.17, 15) is 9.59 Å². The molecule has 188 valence electrons. The first-order chi connectivity index (χ1) is 17.3. The Bertz CT molecular complexity index is 1050. The summed E-state index contributed by atoms with van der Waals surface area (Å²) in [6.07, 6.45) is 3.27. The van der Waals surface area contributed by atoms with Crippen molar-refractivity contribution in [2.24, 2.45) is 10.2 Å². The first-order valence-corrected chi connectivity index (χ1v) is 12.0. The van der Waals surface area contributed by atoms with Crippen LogP contribution < -0.4 is 21.7 Å². The topological polar surface area (TPSA) is 113 Å². The van der Waals surface area contributed by atoms with Crippen molar-refractivity contribution in [2.45, 2.75) is 13.8 Å². The van der Waals surface area contributed by atoms with E-state index in [1.807, 2.05) is 34.3 Å². The van der Waals surface area contributed by atoms with Crippen LogP contribution in [-0.4, -0.2) is 70.4 Å². The molecule has 0 aromatic heterocycles. The summed E-state index contributed by atoms with van der Waals surface area (Å²) in [5.74, 6) is 0.0515. The average molecular weight is 525 g/mol. The largest absolute Gasteiger partial charge is 0.295 e. The number of ketones is 2. The van der Waals surface area contributed by atoms with Crippen LogP contribution in [0.15, 0.2) is 58.7 Å². The van der Waals surface area contributed by atoms with E-state index in [1.165, 1.54) is 13.8 Å².